The maximum Gasteiger partial charge on any atom is 0.254 e. The van der Waals surface area contributed by atoms with Crippen molar-refractivity contribution >= 4 is 0 Å². The van der Waals surface area contributed by atoms with Gasteiger partial charge in [0.05, 0.1) is 0 Å². The van der Waals surface area contributed by atoms with Crippen molar-refractivity contribution in [2.24, 2.45) is 0 Å². The molecule has 0 amide bonds. The fourth-order valence-corrected chi connectivity index (χ4v) is 5.21. The van der Waals surface area contributed by atoms with Crippen LogP contribution in [0, 0.1) is 27.7 Å². The van der Waals surface area contributed by atoms with Crippen molar-refractivity contribution in [1.82, 2.24) is 4.57 Å². The molecule has 0 N–H and O–H groups in total. The molecule has 1 heterocycles. The Hall–Kier alpha value is -2.35. The summed E-state index contributed by atoms with van der Waals surface area (Å²) in [6.45, 7) is 22.7. The monoisotopic (exact) mass is 389 g/mol. The van der Waals surface area contributed by atoms with Gasteiger partial charge in [0.15, 0.2) is 0 Å². The Morgan fingerprint density at radius 1 is 0.655 bits per heavy atom. The fraction of sp³-hybridized carbons (Fsp3) is 0.444. The van der Waals surface area contributed by atoms with Crippen LogP contribution in [-0.4, -0.2) is 4.57 Å². The Labute approximate surface area is 177 Å². The summed E-state index contributed by atoms with van der Waals surface area (Å²) in [6, 6.07) is 9.21. The molecule has 0 saturated carbocycles. The molecule has 0 atom stereocenters. The van der Waals surface area contributed by atoms with Crippen LogP contribution in [0.5, 0.6) is 0 Å². The lowest BCUT2D eigenvalue weighted by Crippen LogP contribution is -2.28. The van der Waals surface area contributed by atoms with Crippen molar-refractivity contribution in [3.63, 3.8) is 0 Å². The van der Waals surface area contributed by atoms with Gasteiger partial charge in [0, 0.05) is 0 Å². The molecule has 0 aliphatic carbocycles. The first-order valence-electron chi connectivity index (χ1n) is 10.6. The highest BCUT2D eigenvalue weighted by atomic mass is 15.1. The minimum atomic E-state index is 0.160. The first-order valence-corrected chi connectivity index (χ1v) is 10.6. The zero-order valence-electron chi connectivity index (χ0n) is 19.9. The van der Waals surface area contributed by atoms with Crippen molar-refractivity contribution < 1.29 is 4.57 Å². The molecular formula is C27H37N2+. The summed E-state index contributed by atoms with van der Waals surface area (Å²) in [7, 11) is 0. The standard InChI is InChI=1S/C27H37N2/c1-18-13-22(14-19(2)24(18)26(5,6)7)28-11-12-29(17-28)23-15-20(3)25(21(4)16-23)27(8,9)10/h11-17H,1-10H3/q+1. The Morgan fingerprint density at radius 3 is 1.48 bits per heavy atom. The van der Waals surface area contributed by atoms with Crippen LogP contribution in [-0.2, 0) is 10.8 Å². The molecule has 3 rings (SSSR count). The van der Waals surface area contributed by atoms with Gasteiger partial charge in [-0.3, -0.25) is 0 Å². The van der Waals surface area contributed by atoms with Gasteiger partial charge < -0.3 is 0 Å². The molecule has 0 fully saturated rings. The molecule has 0 aliphatic heterocycles. The van der Waals surface area contributed by atoms with E-state index >= 15 is 0 Å². The lowest BCUT2D eigenvalue weighted by Gasteiger charge is -2.24. The van der Waals surface area contributed by atoms with Gasteiger partial charge in [-0.05, 0) is 96.2 Å². The molecule has 0 bridgehead atoms. The van der Waals surface area contributed by atoms with E-state index in [9.17, 15) is 0 Å². The highest BCUT2D eigenvalue weighted by Gasteiger charge is 2.22. The Morgan fingerprint density at radius 2 is 1.07 bits per heavy atom. The van der Waals surface area contributed by atoms with Crippen molar-refractivity contribution in [2.45, 2.75) is 80.1 Å². The molecule has 2 nitrogen and oxygen atoms in total. The minimum Gasteiger partial charge on any atom is -0.202 e. The van der Waals surface area contributed by atoms with E-state index in [2.05, 4.69) is 121 Å². The third-order valence-electron chi connectivity index (χ3n) is 5.77. The molecular weight excluding hydrogens is 352 g/mol. The minimum absolute atomic E-state index is 0.160. The maximum atomic E-state index is 2.30. The van der Waals surface area contributed by atoms with Gasteiger partial charge in [-0.2, -0.15) is 0 Å². The third kappa shape index (κ3) is 4.17. The van der Waals surface area contributed by atoms with E-state index in [4.69, 9.17) is 0 Å². The Balaban J connectivity index is 2.03. The van der Waals surface area contributed by atoms with Crippen LogP contribution in [0.2, 0.25) is 0 Å². The molecule has 2 heteroatoms. The smallest absolute Gasteiger partial charge is 0.202 e. The zero-order chi connectivity index (χ0) is 21.7. The summed E-state index contributed by atoms with van der Waals surface area (Å²) in [6.07, 6.45) is 6.47. The number of imidazole rings is 1. The van der Waals surface area contributed by atoms with E-state index in [0.717, 1.165) is 0 Å². The number of hydrogen-bond acceptors (Lipinski definition) is 0. The topological polar surface area (TPSA) is 8.81 Å². The molecule has 0 spiro atoms. The number of nitrogens with zero attached hydrogens (tertiary/aromatic N) is 2. The average Bonchev–Trinajstić information content (AvgIpc) is 3.00. The first-order chi connectivity index (χ1) is 13.3. The molecule has 3 aromatic rings. The molecule has 2 aromatic carbocycles. The quantitative estimate of drug-likeness (QED) is 0.438. The van der Waals surface area contributed by atoms with Crippen molar-refractivity contribution in [3.8, 4) is 11.4 Å². The van der Waals surface area contributed by atoms with Crippen LogP contribution in [0.4, 0.5) is 0 Å². The molecule has 1 aromatic heterocycles. The summed E-state index contributed by atoms with van der Waals surface area (Å²) < 4.78 is 4.43. The van der Waals surface area contributed by atoms with E-state index in [1.165, 1.54) is 44.8 Å². The zero-order valence-corrected chi connectivity index (χ0v) is 19.9. The first kappa shape index (κ1) is 21.4. The Bertz CT molecular complexity index is 923. The predicted molar refractivity (Wildman–Crippen MR) is 124 cm³/mol. The summed E-state index contributed by atoms with van der Waals surface area (Å²) in [5.74, 6) is 0. The number of rotatable bonds is 2. The van der Waals surface area contributed by atoms with Crippen molar-refractivity contribution in [1.29, 1.82) is 0 Å². The van der Waals surface area contributed by atoms with Gasteiger partial charge in [0.2, 0.25) is 0 Å². The molecule has 154 valence electrons. The summed E-state index contributed by atoms with van der Waals surface area (Å²) in [5, 5.41) is 0. The van der Waals surface area contributed by atoms with E-state index in [-0.39, 0.29) is 10.8 Å². The number of benzene rings is 2. The second-order valence-electron chi connectivity index (χ2n) is 10.6. The largest absolute Gasteiger partial charge is 0.254 e. The van der Waals surface area contributed by atoms with Crippen LogP contribution in [0.3, 0.4) is 0 Å². The second kappa shape index (κ2) is 7.16. The third-order valence-corrected chi connectivity index (χ3v) is 5.77. The van der Waals surface area contributed by atoms with E-state index < -0.39 is 0 Å². The lowest BCUT2D eigenvalue weighted by molar-refractivity contribution is -0.594. The van der Waals surface area contributed by atoms with Gasteiger partial charge in [0.1, 0.15) is 23.8 Å². The molecule has 0 saturated heterocycles. The number of hydrogen-bond donors (Lipinski definition) is 0. The van der Waals surface area contributed by atoms with E-state index in [1.807, 2.05) is 0 Å². The SMILES string of the molecule is Cc1cc(-n2cc[n+](-c3cc(C)c(C(C)(C)C)c(C)c3)c2)cc(C)c1C(C)(C)C. The van der Waals surface area contributed by atoms with Gasteiger partial charge >= 0.3 is 0 Å². The van der Waals surface area contributed by atoms with Crippen LogP contribution in [0.25, 0.3) is 11.4 Å². The highest BCUT2D eigenvalue weighted by Crippen LogP contribution is 2.31. The van der Waals surface area contributed by atoms with Crippen molar-refractivity contribution in [3.05, 3.63) is 76.4 Å². The lowest BCUT2D eigenvalue weighted by atomic mass is 9.81. The molecule has 0 aliphatic rings. The number of aromatic nitrogens is 2. The fourth-order valence-electron chi connectivity index (χ4n) is 5.21. The predicted octanol–water partition coefficient (Wildman–Crippen LogP) is 6.58. The normalized spacial score (nSPS) is 12.5. The average molecular weight is 390 g/mol. The molecule has 29 heavy (non-hydrogen) atoms. The van der Waals surface area contributed by atoms with Gasteiger partial charge in [0.25, 0.3) is 6.33 Å². The Kier molecular flexibility index (Phi) is 5.28. The number of aryl methyl sites for hydroxylation is 4. The van der Waals surface area contributed by atoms with Gasteiger partial charge in [-0.15, -0.1) is 0 Å². The van der Waals surface area contributed by atoms with Crippen LogP contribution >= 0.6 is 0 Å². The maximum absolute atomic E-state index is 2.30. The van der Waals surface area contributed by atoms with E-state index in [1.54, 1.807) is 0 Å². The van der Waals surface area contributed by atoms with E-state index in [0.29, 0.717) is 0 Å². The van der Waals surface area contributed by atoms with Gasteiger partial charge in [-0.25, -0.2) is 9.13 Å². The van der Waals surface area contributed by atoms with Crippen LogP contribution in [0.1, 0.15) is 74.9 Å². The highest BCUT2D eigenvalue weighted by molar-refractivity contribution is 5.48. The molecule has 0 radical (unpaired) electrons. The molecule has 0 unspecified atom stereocenters. The van der Waals surface area contributed by atoms with Crippen LogP contribution < -0.4 is 4.57 Å². The summed E-state index contributed by atoms with van der Waals surface area (Å²) in [5.41, 5.74) is 11.1. The second-order valence-corrected chi connectivity index (χ2v) is 10.6. The summed E-state index contributed by atoms with van der Waals surface area (Å²) >= 11 is 0. The van der Waals surface area contributed by atoms with Gasteiger partial charge in [-0.1, -0.05) is 41.5 Å². The van der Waals surface area contributed by atoms with Crippen molar-refractivity contribution in [2.75, 3.05) is 0 Å². The van der Waals surface area contributed by atoms with Crippen LogP contribution in [0.15, 0.2) is 43.0 Å². The summed E-state index contributed by atoms with van der Waals surface area (Å²) in [4.78, 5) is 0.